The number of likely N-dealkylation sites (N-methyl/N-ethyl adjacent to an activating group) is 1. The third-order valence-corrected chi connectivity index (χ3v) is 2.55. The fourth-order valence-corrected chi connectivity index (χ4v) is 1.67. The number of hydrogen-bond donors (Lipinski definition) is 1. The topological polar surface area (TPSA) is 37.3 Å². The maximum atomic E-state index is 11.9. The van der Waals surface area contributed by atoms with E-state index in [0.29, 0.717) is 0 Å². The highest BCUT2D eigenvalue weighted by Gasteiger charge is 2.16. The molecule has 2 rings (SSSR count). The van der Waals surface area contributed by atoms with Gasteiger partial charge >= 0.3 is 0 Å². The van der Waals surface area contributed by atoms with Crippen molar-refractivity contribution in [2.45, 2.75) is 6.54 Å². The maximum absolute atomic E-state index is 11.9. The van der Waals surface area contributed by atoms with Gasteiger partial charge in [-0.05, 0) is 12.1 Å². The van der Waals surface area contributed by atoms with E-state index >= 15 is 0 Å². The lowest BCUT2D eigenvalue weighted by Gasteiger charge is -2.15. The van der Waals surface area contributed by atoms with Crippen molar-refractivity contribution in [3.8, 4) is 0 Å². The monoisotopic (exact) mass is 193 g/mol. The SMILES string of the molecule is CN1CCNCCn2cccc2C1=O. The van der Waals surface area contributed by atoms with Gasteiger partial charge in [0, 0.05) is 39.4 Å². The van der Waals surface area contributed by atoms with Crippen LogP contribution in [0.2, 0.25) is 0 Å². The number of nitrogens with one attached hydrogen (secondary N) is 1. The van der Waals surface area contributed by atoms with Crippen molar-refractivity contribution in [3.63, 3.8) is 0 Å². The second kappa shape index (κ2) is 3.84. The van der Waals surface area contributed by atoms with Crippen LogP contribution < -0.4 is 5.32 Å². The molecule has 2 heterocycles. The quantitative estimate of drug-likeness (QED) is 0.637. The molecule has 14 heavy (non-hydrogen) atoms. The molecule has 0 aliphatic carbocycles. The fourth-order valence-electron chi connectivity index (χ4n) is 1.67. The van der Waals surface area contributed by atoms with Crippen molar-refractivity contribution in [3.05, 3.63) is 24.0 Å². The molecular weight excluding hydrogens is 178 g/mol. The summed E-state index contributed by atoms with van der Waals surface area (Å²) in [6.07, 6.45) is 1.95. The number of amides is 1. The summed E-state index contributed by atoms with van der Waals surface area (Å²) in [5.41, 5.74) is 0.788. The Kier molecular flexibility index (Phi) is 2.54. The number of fused-ring (bicyclic) bond motifs is 1. The van der Waals surface area contributed by atoms with Crippen molar-refractivity contribution < 1.29 is 4.79 Å². The largest absolute Gasteiger partial charge is 0.342 e. The molecular formula is C10H15N3O. The molecule has 1 aromatic heterocycles. The van der Waals surface area contributed by atoms with Crippen LogP contribution >= 0.6 is 0 Å². The fraction of sp³-hybridized carbons (Fsp3) is 0.500. The smallest absolute Gasteiger partial charge is 0.270 e. The van der Waals surface area contributed by atoms with Crippen LogP contribution in [-0.2, 0) is 6.54 Å². The van der Waals surface area contributed by atoms with Crippen LogP contribution in [0, 0.1) is 0 Å². The van der Waals surface area contributed by atoms with Gasteiger partial charge in [0.15, 0.2) is 0 Å². The molecule has 76 valence electrons. The van der Waals surface area contributed by atoms with E-state index in [9.17, 15) is 4.79 Å². The van der Waals surface area contributed by atoms with Crippen molar-refractivity contribution in [2.75, 3.05) is 26.7 Å². The summed E-state index contributed by atoms with van der Waals surface area (Å²) in [4.78, 5) is 13.6. The van der Waals surface area contributed by atoms with Crippen molar-refractivity contribution in [2.24, 2.45) is 0 Å². The lowest BCUT2D eigenvalue weighted by Crippen LogP contribution is -2.33. The van der Waals surface area contributed by atoms with E-state index < -0.39 is 0 Å². The first-order valence-electron chi connectivity index (χ1n) is 4.90. The third-order valence-electron chi connectivity index (χ3n) is 2.55. The average molecular weight is 193 g/mol. The summed E-state index contributed by atoms with van der Waals surface area (Å²) < 4.78 is 2.00. The van der Waals surface area contributed by atoms with E-state index in [2.05, 4.69) is 5.32 Å². The lowest BCUT2D eigenvalue weighted by molar-refractivity contribution is 0.0789. The highest BCUT2D eigenvalue weighted by molar-refractivity contribution is 5.92. The molecule has 1 aliphatic rings. The number of rotatable bonds is 0. The molecule has 4 heteroatoms. The Bertz CT molecular complexity index is 332. The van der Waals surface area contributed by atoms with Gasteiger partial charge in [-0.3, -0.25) is 4.79 Å². The summed E-state index contributed by atoms with van der Waals surface area (Å²) in [6.45, 7) is 3.42. The van der Waals surface area contributed by atoms with E-state index in [1.807, 2.05) is 29.9 Å². The first kappa shape index (κ1) is 9.27. The van der Waals surface area contributed by atoms with Crippen LogP contribution in [0.15, 0.2) is 18.3 Å². The van der Waals surface area contributed by atoms with E-state index in [1.54, 1.807) is 4.90 Å². The molecule has 1 aliphatic heterocycles. The zero-order valence-electron chi connectivity index (χ0n) is 8.36. The van der Waals surface area contributed by atoms with Crippen molar-refractivity contribution in [1.82, 2.24) is 14.8 Å². The minimum Gasteiger partial charge on any atom is -0.342 e. The predicted molar refractivity (Wildman–Crippen MR) is 54.3 cm³/mol. The highest BCUT2D eigenvalue weighted by Crippen LogP contribution is 2.06. The maximum Gasteiger partial charge on any atom is 0.270 e. The molecule has 1 N–H and O–H groups in total. The zero-order valence-corrected chi connectivity index (χ0v) is 8.36. The number of hydrogen-bond acceptors (Lipinski definition) is 2. The minimum atomic E-state index is 0.110. The molecule has 4 nitrogen and oxygen atoms in total. The van der Waals surface area contributed by atoms with E-state index in [0.717, 1.165) is 31.9 Å². The summed E-state index contributed by atoms with van der Waals surface area (Å²) >= 11 is 0. The second-order valence-corrected chi connectivity index (χ2v) is 3.56. The molecule has 0 bridgehead atoms. The van der Waals surface area contributed by atoms with Gasteiger partial charge in [0.05, 0.1) is 0 Å². The molecule has 0 aromatic carbocycles. The Morgan fingerprint density at radius 1 is 1.36 bits per heavy atom. The van der Waals surface area contributed by atoms with Crippen molar-refractivity contribution >= 4 is 5.91 Å². The van der Waals surface area contributed by atoms with Crippen LogP contribution in [0.1, 0.15) is 10.5 Å². The molecule has 1 aromatic rings. The molecule has 0 atom stereocenters. The molecule has 0 saturated heterocycles. The van der Waals surface area contributed by atoms with E-state index in [-0.39, 0.29) is 5.91 Å². The second-order valence-electron chi connectivity index (χ2n) is 3.56. The standard InChI is InChI=1S/C10H15N3O/c1-12-7-4-11-5-8-13-6-2-3-9(13)10(12)14/h2-3,6,11H,4-5,7-8H2,1H3. The van der Waals surface area contributed by atoms with E-state index in [1.165, 1.54) is 0 Å². The third kappa shape index (κ3) is 1.65. The minimum absolute atomic E-state index is 0.110. The molecule has 0 spiro atoms. The van der Waals surface area contributed by atoms with Crippen LogP contribution in [0.5, 0.6) is 0 Å². The number of aromatic nitrogens is 1. The first-order chi connectivity index (χ1) is 6.79. The van der Waals surface area contributed by atoms with Gasteiger partial charge in [-0.1, -0.05) is 0 Å². The lowest BCUT2D eigenvalue weighted by atomic mass is 10.3. The van der Waals surface area contributed by atoms with Gasteiger partial charge in [-0.25, -0.2) is 0 Å². The Hall–Kier alpha value is -1.29. The molecule has 0 unspecified atom stereocenters. The van der Waals surface area contributed by atoms with Gasteiger partial charge < -0.3 is 14.8 Å². The van der Waals surface area contributed by atoms with Gasteiger partial charge in [-0.2, -0.15) is 0 Å². The Labute approximate surface area is 83.5 Å². The average Bonchev–Trinajstić information content (AvgIpc) is 2.63. The highest BCUT2D eigenvalue weighted by atomic mass is 16.2. The number of nitrogens with zero attached hydrogens (tertiary/aromatic N) is 2. The van der Waals surface area contributed by atoms with Gasteiger partial charge in [-0.15, -0.1) is 0 Å². The summed E-state index contributed by atoms with van der Waals surface area (Å²) in [7, 11) is 1.84. The summed E-state index contributed by atoms with van der Waals surface area (Å²) in [6, 6.07) is 3.80. The predicted octanol–water partition coefficient (Wildman–Crippen LogP) is 0.163. The van der Waals surface area contributed by atoms with Crippen molar-refractivity contribution in [1.29, 1.82) is 0 Å². The Morgan fingerprint density at radius 3 is 3.00 bits per heavy atom. The summed E-state index contributed by atoms with van der Waals surface area (Å²) in [5.74, 6) is 0.110. The molecule has 0 fully saturated rings. The zero-order chi connectivity index (χ0) is 9.97. The molecule has 0 radical (unpaired) electrons. The van der Waals surface area contributed by atoms with Gasteiger partial charge in [0.2, 0.25) is 0 Å². The van der Waals surface area contributed by atoms with Gasteiger partial charge in [0.25, 0.3) is 5.91 Å². The van der Waals surface area contributed by atoms with Crippen LogP contribution in [-0.4, -0.2) is 42.1 Å². The first-order valence-corrected chi connectivity index (χ1v) is 4.90. The van der Waals surface area contributed by atoms with Crippen LogP contribution in [0.4, 0.5) is 0 Å². The molecule has 0 saturated carbocycles. The van der Waals surface area contributed by atoms with Crippen LogP contribution in [0.3, 0.4) is 0 Å². The van der Waals surface area contributed by atoms with Crippen LogP contribution in [0.25, 0.3) is 0 Å². The number of carbonyl (C=O) groups is 1. The molecule has 1 amide bonds. The normalized spacial score (nSPS) is 18.4. The summed E-state index contributed by atoms with van der Waals surface area (Å²) in [5, 5.41) is 3.29. The Balaban J connectivity index is 2.29. The Morgan fingerprint density at radius 2 is 2.14 bits per heavy atom. The van der Waals surface area contributed by atoms with Gasteiger partial charge in [0.1, 0.15) is 5.69 Å². The number of carbonyl (C=O) groups excluding carboxylic acids is 1. The van der Waals surface area contributed by atoms with E-state index in [4.69, 9.17) is 0 Å².